The Morgan fingerprint density at radius 2 is 2.29 bits per heavy atom. The molecule has 0 amide bonds. The molecule has 1 aromatic carbocycles. The summed E-state index contributed by atoms with van der Waals surface area (Å²) in [5.41, 5.74) is 1.39. The van der Waals surface area contributed by atoms with Gasteiger partial charge in [-0.1, -0.05) is 28.1 Å². The Morgan fingerprint density at radius 3 is 3.00 bits per heavy atom. The summed E-state index contributed by atoms with van der Waals surface area (Å²) in [7, 11) is 0. The van der Waals surface area contributed by atoms with Crippen LogP contribution in [0, 0.1) is 0 Å². The molecule has 2 rings (SSSR count). The molecule has 0 radical (unpaired) electrons. The fourth-order valence-electron chi connectivity index (χ4n) is 1.72. The molecule has 0 saturated carbocycles. The van der Waals surface area contributed by atoms with E-state index in [1.165, 1.54) is 21.5 Å². The summed E-state index contributed by atoms with van der Waals surface area (Å²) in [6.45, 7) is 2.25. The summed E-state index contributed by atoms with van der Waals surface area (Å²) >= 11 is 5.54. The maximum Gasteiger partial charge on any atom is 0.0414 e. The summed E-state index contributed by atoms with van der Waals surface area (Å²) in [5, 5.41) is 3.62. The second kappa shape index (κ2) is 4.69. The molecule has 1 aromatic rings. The van der Waals surface area contributed by atoms with Crippen molar-refractivity contribution >= 4 is 27.7 Å². The van der Waals surface area contributed by atoms with E-state index in [1.807, 2.05) is 11.8 Å². The molecule has 2 unspecified atom stereocenters. The van der Waals surface area contributed by atoms with Crippen LogP contribution in [0.4, 0.5) is 0 Å². The quantitative estimate of drug-likeness (QED) is 0.842. The number of hydrogen-bond donors (Lipinski definition) is 1. The van der Waals surface area contributed by atoms with Crippen LogP contribution in [0.1, 0.15) is 18.5 Å². The minimum absolute atomic E-state index is 0.515. The van der Waals surface area contributed by atoms with Gasteiger partial charge in [0.2, 0.25) is 0 Å². The molecule has 1 heterocycles. The monoisotopic (exact) mass is 271 g/mol. The third-order valence-corrected chi connectivity index (χ3v) is 4.19. The number of benzene rings is 1. The Balaban J connectivity index is 2.14. The molecule has 0 bridgehead atoms. The number of rotatable bonds is 1. The van der Waals surface area contributed by atoms with Crippen LogP contribution in [-0.4, -0.2) is 17.5 Å². The molecule has 1 aliphatic heterocycles. The van der Waals surface area contributed by atoms with E-state index in [0.29, 0.717) is 12.1 Å². The molecule has 1 fully saturated rings. The van der Waals surface area contributed by atoms with Gasteiger partial charge in [0.05, 0.1) is 0 Å². The van der Waals surface area contributed by atoms with E-state index >= 15 is 0 Å². The van der Waals surface area contributed by atoms with Crippen LogP contribution in [0.5, 0.6) is 0 Å². The highest BCUT2D eigenvalue weighted by Crippen LogP contribution is 2.25. The lowest BCUT2D eigenvalue weighted by molar-refractivity contribution is 0.502. The van der Waals surface area contributed by atoms with Crippen molar-refractivity contribution in [3.63, 3.8) is 0 Å². The van der Waals surface area contributed by atoms with Crippen molar-refractivity contribution in [2.45, 2.75) is 19.0 Å². The van der Waals surface area contributed by atoms with Gasteiger partial charge in [0.25, 0.3) is 0 Å². The van der Waals surface area contributed by atoms with Crippen LogP contribution in [-0.2, 0) is 0 Å². The molecule has 0 spiro atoms. The molecule has 76 valence electrons. The molecule has 14 heavy (non-hydrogen) atoms. The summed E-state index contributed by atoms with van der Waals surface area (Å²) in [6.07, 6.45) is 0. The van der Waals surface area contributed by atoms with Gasteiger partial charge in [0.1, 0.15) is 0 Å². The van der Waals surface area contributed by atoms with Crippen LogP contribution in [0.3, 0.4) is 0 Å². The first-order chi connectivity index (χ1) is 6.75. The average molecular weight is 272 g/mol. The predicted molar refractivity (Wildman–Crippen MR) is 66.8 cm³/mol. The standard InChI is InChI=1S/C11H14BrNS/c1-8-6-14-7-11(13-8)9-3-2-4-10(12)5-9/h2-5,8,11,13H,6-7H2,1H3. The van der Waals surface area contributed by atoms with Crippen molar-refractivity contribution in [1.29, 1.82) is 0 Å². The molecule has 2 atom stereocenters. The molecule has 1 N–H and O–H groups in total. The highest BCUT2D eigenvalue weighted by atomic mass is 79.9. The highest BCUT2D eigenvalue weighted by Gasteiger charge is 2.19. The van der Waals surface area contributed by atoms with Crippen molar-refractivity contribution in [2.24, 2.45) is 0 Å². The first kappa shape index (κ1) is 10.5. The lowest BCUT2D eigenvalue weighted by atomic mass is 10.1. The van der Waals surface area contributed by atoms with Crippen molar-refractivity contribution in [3.8, 4) is 0 Å². The van der Waals surface area contributed by atoms with E-state index in [2.05, 4.69) is 52.4 Å². The molecule has 1 aliphatic rings. The van der Waals surface area contributed by atoms with Crippen LogP contribution >= 0.6 is 27.7 Å². The average Bonchev–Trinajstić information content (AvgIpc) is 2.18. The van der Waals surface area contributed by atoms with Crippen molar-refractivity contribution in [2.75, 3.05) is 11.5 Å². The molecular weight excluding hydrogens is 258 g/mol. The Labute approximate surface area is 97.8 Å². The Bertz CT molecular complexity index is 316. The minimum Gasteiger partial charge on any atom is -0.306 e. The summed E-state index contributed by atoms with van der Waals surface area (Å²) in [6, 6.07) is 9.71. The second-order valence-corrected chi connectivity index (χ2v) is 5.70. The van der Waals surface area contributed by atoms with E-state index in [4.69, 9.17) is 0 Å². The first-order valence-electron chi connectivity index (χ1n) is 4.85. The molecule has 1 saturated heterocycles. The Hall–Kier alpha value is 0.01000. The number of nitrogens with one attached hydrogen (secondary N) is 1. The SMILES string of the molecule is CC1CSCC(c2cccc(Br)c2)N1. The number of hydrogen-bond acceptors (Lipinski definition) is 2. The zero-order valence-electron chi connectivity index (χ0n) is 8.16. The Morgan fingerprint density at radius 1 is 1.43 bits per heavy atom. The van der Waals surface area contributed by atoms with Crippen LogP contribution in [0.25, 0.3) is 0 Å². The van der Waals surface area contributed by atoms with Gasteiger partial charge in [-0.15, -0.1) is 0 Å². The maximum absolute atomic E-state index is 3.62. The highest BCUT2D eigenvalue weighted by molar-refractivity contribution is 9.10. The fourth-order valence-corrected chi connectivity index (χ4v) is 3.25. The zero-order valence-corrected chi connectivity index (χ0v) is 10.6. The Kier molecular flexibility index (Phi) is 3.52. The third kappa shape index (κ3) is 2.53. The van der Waals surface area contributed by atoms with Gasteiger partial charge in [0.15, 0.2) is 0 Å². The molecule has 1 nitrogen and oxygen atoms in total. The topological polar surface area (TPSA) is 12.0 Å². The van der Waals surface area contributed by atoms with E-state index in [-0.39, 0.29) is 0 Å². The summed E-state index contributed by atoms with van der Waals surface area (Å²) < 4.78 is 1.17. The first-order valence-corrected chi connectivity index (χ1v) is 6.80. The van der Waals surface area contributed by atoms with Gasteiger partial charge in [-0.2, -0.15) is 11.8 Å². The predicted octanol–water partition coefficient (Wildman–Crippen LogP) is 3.22. The minimum atomic E-state index is 0.515. The molecule has 0 aromatic heterocycles. The van der Waals surface area contributed by atoms with E-state index in [9.17, 15) is 0 Å². The van der Waals surface area contributed by atoms with Gasteiger partial charge in [0, 0.05) is 28.1 Å². The summed E-state index contributed by atoms with van der Waals surface area (Å²) in [4.78, 5) is 0. The van der Waals surface area contributed by atoms with Gasteiger partial charge in [-0.3, -0.25) is 0 Å². The lowest BCUT2D eigenvalue weighted by Gasteiger charge is -2.28. The number of thioether (sulfide) groups is 1. The van der Waals surface area contributed by atoms with E-state index < -0.39 is 0 Å². The molecular formula is C11H14BrNS. The van der Waals surface area contributed by atoms with Crippen LogP contribution in [0.15, 0.2) is 28.7 Å². The summed E-state index contributed by atoms with van der Waals surface area (Å²) in [5.74, 6) is 2.41. The second-order valence-electron chi connectivity index (χ2n) is 3.71. The fraction of sp³-hybridized carbons (Fsp3) is 0.455. The number of halogens is 1. The van der Waals surface area contributed by atoms with Gasteiger partial charge in [-0.25, -0.2) is 0 Å². The van der Waals surface area contributed by atoms with Crippen molar-refractivity contribution < 1.29 is 0 Å². The van der Waals surface area contributed by atoms with Crippen LogP contribution < -0.4 is 5.32 Å². The lowest BCUT2D eigenvalue weighted by Crippen LogP contribution is -2.37. The van der Waals surface area contributed by atoms with Gasteiger partial charge < -0.3 is 5.32 Å². The van der Waals surface area contributed by atoms with E-state index in [1.54, 1.807) is 0 Å². The zero-order chi connectivity index (χ0) is 9.97. The third-order valence-electron chi connectivity index (χ3n) is 2.39. The van der Waals surface area contributed by atoms with Crippen molar-refractivity contribution in [1.82, 2.24) is 5.32 Å². The molecule has 0 aliphatic carbocycles. The normalized spacial score (nSPS) is 27.6. The van der Waals surface area contributed by atoms with Crippen molar-refractivity contribution in [3.05, 3.63) is 34.3 Å². The molecule has 3 heteroatoms. The van der Waals surface area contributed by atoms with Gasteiger partial charge >= 0.3 is 0 Å². The van der Waals surface area contributed by atoms with Crippen LogP contribution in [0.2, 0.25) is 0 Å². The smallest absolute Gasteiger partial charge is 0.0414 e. The van der Waals surface area contributed by atoms with Gasteiger partial charge in [-0.05, 0) is 24.6 Å². The maximum atomic E-state index is 3.62. The van der Waals surface area contributed by atoms with E-state index in [0.717, 1.165) is 0 Å². The largest absolute Gasteiger partial charge is 0.306 e.